The molecule has 0 aliphatic heterocycles. The summed E-state index contributed by atoms with van der Waals surface area (Å²) in [5.74, 6) is -0.949. The molecule has 144 valence electrons. The maximum Gasteiger partial charge on any atom is 0.341 e. The Hall–Kier alpha value is -3.59. The van der Waals surface area contributed by atoms with Crippen molar-refractivity contribution >= 4 is 23.6 Å². The van der Waals surface area contributed by atoms with Crippen molar-refractivity contribution in [2.45, 2.75) is 26.2 Å². The summed E-state index contributed by atoms with van der Waals surface area (Å²) in [6.45, 7) is 3.73. The van der Waals surface area contributed by atoms with E-state index in [9.17, 15) is 14.9 Å². The summed E-state index contributed by atoms with van der Waals surface area (Å²) >= 11 is 0. The third-order valence-corrected chi connectivity index (χ3v) is 4.29. The number of rotatable bonds is 8. The van der Waals surface area contributed by atoms with Crippen LogP contribution in [0.5, 0.6) is 5.75 Å². The Morgan fingerprint density at radius 3 is 2.50 bits per heavy atom. The second kappa shape index (κ2) is 9.93. The smallest absolute Gasteiger partial charge is 0.341 e. The number of nitriles is 1. The minimum Gasteiger partial charge on any atom is -0.481 e. The van der Waals surface area contributed by atoms with Crippen LogP contribution in [0.15, 0.2) is 54.1 Å². The van der Waals surface area contributed by atoms with Gasteiger partial charge < -0.3 is 15.2 Å². The second-order valence-electron chi connectivity index (χ2n) is 6.28. The van der Waals surface area contributed by atoms with E-state index in [1.807, 2.05) is 18.2 Å². The van der Waals surface area contributed by atoms with Gasteiger partial charge in [-0.25, -0.2) is 4.79 Å². The minimum absolute atomic E-state index is 0.114. The average Bonchev–Trinajstić information content (AvgIpc) is 2.70. The van der Waals surface area contributed by atoms with Crippen molar-refractivity contribution in [3.63, 3.8) is 0 Å². The number of anilines is 1. The van der Waals surface area contributed by atoms with Gasteiger partial charge in [0.1, 0.15) is 17.4 Å². The Bertz CT molecular complexity index is 911. The molecule has 0 aliphatic carbocycles. The van der Waals surface area contributed by atoms with Gasteiger partial charge in [-0.2, -0.15) is 5.26 Å². The molecule has 1 amide bonds. The third-order valence-electron chi connectivity index (χ3n) is 4.29. The first-order chi connectivity index (χ1) is 13.4. The van der Waals surface area contributed by atoms with Gasteiger partial charge in [-0.1, -0.05) is 44.2 Å². The van der Waals surface area contributed by atoms with Crippen molar-refractivity contribution in [1.82, 2.24) is 0 Å². The number of nitrogens with one attached hydrogen (secondary N) is 1. The highest BCUT2D eigenvalue weighted by molar-refractivity contribution is 6.09. The van der Waals surface area contributed by atoms with Crippen molar-refractivity contribution in [2.75, 3.05) is 11.9 Å². The predicted molar refractivity (Wildman–Crippen MR) is 107 cm³/mol. The Balaban J connectivity index is 2.18. The number of aliphatic carboxylic acids is 1. The first-order valence-electron chi connectivity index (χ1n) is 8.91. The molecule has 0 unspecified atom stereocenters. The van der Waals surface area contributed by atoms with Gasteiger partial charge in [0, 0.05) is 11.3 Å². The zero-order chi connectivity index (χ0) is 20.5. The van der Waals surface area contributed by atoms with E-state index in [0.717, 1.165) is 6.42 Å². The van der Waals surface area contributed by atoms with Gasteiger partial charge in [-0.05, 0) is 42.2 Å². The molecule has 0 heterocycles. The van der Waals surface area contributed by atoms with Gasteiger partial charge in [-0.15, -0.1) is 0 Å². The van der Waals surface area contributed by atoms with Crippen molar-refractivity contribution in [1.29, 1.82) is 5.26 Å². The maximum atomic E-state index is 12.5. The third kappa shape index (κ3) is 5.71. The van der Waals surface area contributed by atoms with Crippen LogP contribution >= 0.6 is 0 Å². The molecule has 0 bridgehead atoms. The molecule has 2 aromatic rings. The second-order valence-corrected chi connectivity index (χ2v) is 6.28. The Morgan fingerprint density at radius 2 is 1.89 bits per heavy atom. The van der Waals surface area contributed by atoms with Crippen LogP contribution in [-0.2, 0) is 9.59 Å². The highest BCUT2D eigenvalue weighted by Crippen LogP contribution is 2.23. The molecular formula is C22H22N2O4. The molecule has 2 N–H and O–H groups in total. The van der Waals surface area contributed by atoms with Crippen LogP contribution in [0.4, 0.5) is 5.69 Å². The number of carboxylic acids is 1. The summed E-state index contributed by atoms with van der Waals surface area (Å²) < 4.78 is 5.20. The summed E-state index contributed by atoms with van der Waals surface area (Å²) in [6.07, 6.45) is 2.40. The van der Waals surface area contributed by atoms with Gasteiger partial charge in [0.05, 0.1) is 0 Å². The first-order valence-corrected chi connectivity index (χ1v) is 8.91. The Morgan fingerprint density at radius 1 is 1.21 bits per heavy atom. The molecule has 6 heteroatoms. The monoisotopic (exact) mass is 378 g/mol. The maximum absolute atomic E-state index is 12.5. The number of ether oxygens (including phenoxy) is 1. The number of para-hydroxylation sites is 1. The lowest BCUT2D eigenvalue weighted by atomic mass is 9.98. The van der Waals surface area contributed by atoms with Crippen LogP contribution in [-0.4, -0.2) is 23.6 Å². The van der Waals surface area contributed by atoms with E-state index in [2.05, 4.69) is 19.2 Å². The lowest BCUT2D eigenvalue weighted by molar-refractivity contribution is -0.139. The molecule has 0 spiro atoms. The molecule has 0 aliphatic rings. The standard InChI is InChI=1S/C22H22N2O4/c1-3-15(2)16-8-10-19(11-9-16)24-22(27)18(13-23)12-17-6-4-5-7-20(17)28-14-21(25)26/h4-12,15H,3,14H2,1-2H3,(H,24,27)(H,25,26)/b18-12+/t15-/m0/s1. The van der Waals surface area contributed by atoms with Crippen molar-refractivity contribution in [3.05, 3.63) is 65.2 Å². The van der Waals surface area contributed by atoms with Crippen LogP contribution in [0.1, 0.15) is 37.3 Å². The summed E-state index contributed by atoms with van der Waals surface area (Å²) in [5.41, 5.74) is 2.11. The van der Waals surface area contributed by atoms with E-state index < -0.39 is 18.5 Å². The molecule has 2 rings (SSSR count). The molecule has 28 heavy (non-hydrogen) atoms. The number of carbonyl (C=O) groups is 2. The van der Waals surface area contributed by atoms with Crippen LogP contribution in [0.25, 0.3) is 6.08 Å². The average molecular weight is 378 g/mol. The number of carboxylic acid groups (broad SMARTS) is 1. The summed E-state index contributed by atoms with van der Waals surface area (Å²) in [7, 11) is 0. The van der Waals surface area contributed by atoms with E-state index in [1.165, 1.54) is 11.6 Å². The fourth-order valence-electron chi connectivity index (χ4n) is 2.50. The van der Waals surface area contributed by atoms with Crippen LogP contribution < -0.4 is 10.1 Å². The molecule has 0 saturated carbocycles. The Kier molecular flexibility index (Phi) is 7.35. The summed E-state index contributed by atoms with van der Waals surface area (Å²) in [5, 5.41) is 20.8. The SMILES string of the molecule is CC[C@H](C)c1ccc(NC(=O)/C(C#N)=C/c2ccccc2OCC(=O)O)cc1. The number of carbonyl (C=O) groups excluding carboxylic acids is 1. The van der Waals surface area contributed by atoms with Gasteiger partial charge in [0.25, 0.3) is 5.91 Å². The number of benzene rings is 2. The molecular weight excluding hydrogens is 356 g/mol. The van der Waals surface area contributed by atoms with Crippen LogP contribution in [0, 0.1) is 11.3 Å². The zero-order valence-electron chi connectivity index (χ0n) is 15.8. The summed E-state index contributed by atoms with van der Waals surface area (Å²) in [6, 6.07) is 16.0. The quantitative estimate of drug-likeness (QED) is 0.529. The van der Waals surface area contributed by atoms with Crippen LogP contribution in [0.3, 0.4) is 0 Å². The highest BCUT2D eigenvalue weighted by atomic mass is 16.5. The minimum atomic E-state index is -1.11. The zero-order valence-corrected chi connectivity index (χ0v) is 15.8. The van der Waals surface area contributed by atoms with E-state index in [0.29, 0.717) is 17.2 Å². The molecule has 0 saturated heterocycles. The first kappa shape index (κ1) is 20.7. The van der Waals surface area contributed by atoms with Gasteiger partial charge in [0.15, 0.2) is 6.61 Å². The van der Waals surface area contributed by atoms with Gasteiger partial charge >= 0.3 is 5.97 Å². The fourth-order valence-corrected chi connectivity index (χ4v) is 2.50. The topological polar surface area (TPSA) is 99.4 Å². The van der Waals surface area contributed by atoms with E-state index in [-0.39, 0.29) is 11.3 Å². The molecule has 0 radical (unpaired) electrons. The molecule has 1 atom stereocenters. The van der Waals surface area contributed by atoms with E-state index in [1.54, 1.807) is 36.4 Å². The number of amides is 1. The van der Waals surface area contributed by atoms with Crippen molar-refractivity contribution in [3.8, 4) is 11.8 Å². The Labute approximate surface area is 164 Å². The number of hydrogen-bond donors (Lipinski definition) is 2. The molecule has 2 aromatic carbocycles. The molecule has 0 fully saturated rings. The molecule has 0 aromatic heterocycles. The van der Waals surface area contributed by atoms with Crippen molar-refractivity contribution in [2.24, 2.45) is 0 Å². The lowest BCUT2D eigenvalue weighted by Crippen LogP contribution is -2.14. The van der Waals surface area contributed by atoms with Crippen molar-refractivity contribution < 1.29 is 19.4 Å². The van der Waals surface area contributed by atoms with Gasteiger partial charge in [-0.3, -0.25) is 4.79 Å². The van der Waals surface area contributed by atoms with E-state index in [4.69, 9.17) is 9.84 Å². The highest BCUT2D eigenvalue weighted by Gasteiger charge is 2.12. The van der Waals surface area contributed by atoms with E-state index >= 15 is 0 Å². The molecule has 6 nitrogen and oxygen atoms in total. The largest absolute Gasteiger partial charge is 0.481 e. The summed E-state index contributed by atoms with van der Waals surface area (Å²) in [4.78, 5) is 23.2. The lowest BCUT2D eigenvalue weighted by Gasteiger charge is -2.10. The fraction of sp³-hybridized carbons (Fsp3) is 0.227. The normalized spacial score (nSPS) is 12.0. The predicted octanol–water partition coefficient (Wildman–Crippen LogP) is 4.21. The number of nitrogens with zero attached hydrogens (tertiary/aromatic N) is 1. The number of hydrogen-bond acceptors (Lipinski definition) is 4. The van der Waals surface area contributed by atoms with Crippen LogP contribution in [0.2, 0.25) is 0 Å². The van der Waals surface area contributed by atoms with Gasteiger partial charge in [0.2, 0.25) is 0 Å².